The lowest BCUT2D eigenvalue weighted by atomic mass is 10.2. The Bertz CT molecular complexity index is 816. The van der Waals surface area contributed by atoms with Crippen molar-refractivity contribution in [3.63, 3.8) is 0 Å². The quantitative estimate of drug-likeness (QED) is 0.0656. The molecule has 21 heteroatoms. The van der Waals surface area contributed by atoms with Gasteiger partial charge in [0, 0.05) is 24.8 Å². The van der Waals surface area contributed by atoms with Crippen molar-refractivity contribution in [3.05, 3.63) is 12.2 Å². The highest BCUT2D eigenvalue weighted by Crippen LogP contribution is 2.55. The highest BCUT2D eigenvalue weighted by Gasteiger charge is 2.65. The van der Waals surface area contributed by atoms with Gasteiger partial charge in [-0.15, -0.1) is 24.2 Å². The molecular weight excluding hydrogens is 564 g/mol. The van der Waals surface area contributed by atoms with E-state index in [1.54, 1.807) is 0 Å². The number of rotatable bonds is 16. The van der Waals surface area contributed by atoms with E-state index in [0.29, 0.717) is 12.2 Å². The first-order valence-electron chi connectivity index (χ1n) is 8.17. The van der Waals surface area contributed by atoms with Crippen LogP contribution in [-0.2, 0) is 47.3 Å². The number of methoxy groups -OCH3 is 1. The lowest BCUT2D eigenvalue weighted by molar-refractivity contribution is -0.212. The molecule has 0 spiro atoms. The molecule has 0 atom stereocenters. The smallest absolute Gasteiger partial charge is 0.409 e. The molecule has 204 valence electrons. The molecule has 0 unspecified atom stereocenters. The Morgan fingerprint density at radius 2 is 1.41 bits per heavy atom. The summed E-state index contributed by atoms with van der Waals surface area (Å²) in [5.41, 5.74) is 0. The zero-order valence-corrected chi connectivity index (χ0v) is 19.5. The van der Waals surface area contributed by atoms with Crippen LogP contribution in [-0.4, -0.2) is 63.4 Å². The van der Waals surface area contributed by atoms with Crippen molar-refractivity contribution >= 4 is 43.9 Å². The van der Waals surface area contributed by atoms with Crippen molar-refractivity contribution in [2.45, 2.75) is 24.0 Å². The summed E-state index contributed by atoms with van der Waals surface area (Å²) in [4.78, 5) is 28.8. The molecule has 0 saturated heterocycles. The van der Waals surface area contributed by atoms with Gasteiger partial charge in [0.05, 0.1) is 13.7 Å². The van der Waals surface area contributed by atoms with Gasteiger partial charge in [0.1, 0.15) is 0 Å². The van der Waals surface area contributed by atoms with Crippen LogP contribution in [0.15, 0.2) is 12.2 Å². The Labute approximate surface area is 191 Å². The molecule has 0 N–H and O–H groups in total. The van der Waals surface area contributed by atoms with Gasteiger partial charge in [-0.2, -0.15) is 17.6 Å². The van der Waals surface area contributed by atoms with Crippen molar-refractivity contribution in [3.8, 4) is 0 Å². The number of esters is 2. The summed E-state index contributed by atoms with van der Waals surface area (Å²) in [7, 11) is -5.28. The van der Waals surface area contributed by atoms with Gasteiger partial charge in [-0.25, -0.2) is 27.8 Å². The molecule has 0 bridgehead atoms. The standard InChI is InChI=1S/C13H18F8O10S3/c1-26-10(22)4-5-11(23)27-7-3-6-12(14,15)13(16,17)33(24,25)8-28-31-34(20,21)9-29-30-32(2,18)19/h4-5H,3,6-9H2,1-2H3. The van der Waals surface area contributed by atoms with E-state index in [9.17, 15) is 51.1 Å². The average molecular weight is 582 g/mol. The maximum Gasteiger partial charge on any atom is 0.409 e. The predicted molar refractivity (Wildman–Crippen MR) is 99.8 cm³/mol. The van der Waals surface area contributed by atoms with E-state index in [2.05, 4.69) is 27.9 Å². The van der Waals surface area contributed by atoms with Gasteiger partial charge in [-0.05, 0) is 6.42 Å². The van der Waals surface area contributed by atoms with Crippen molar-refractivity contribution in [2.75, 3.05) is 31.9 Å². The third-order valence-electron chi connectivity index (χ3n) is 2.96. The second kappa shape index (κ2) is 13.1. The number of carbonyl (C=O) groups excluding carboxylic acids is 2. The van der Waals surface area contributed by atoms with Crippen LogP contribution >= 0.6 is 22.2 Å². The number of sulfone groups is 1. The Balaban J connectivity index is 4.74. The summed E-state index contributed by atoms with van der Waals surface area (Å²) in [6.45, 7) is -0.883. The molecule has 34 heavy (non-hydrogen) atoms. The lowest BCUT2D eigenvalue weighted by Gasteiger charge is -2.26. The topological polar surface area (TPSA) is 124 Å². The number of alkyl halides is 4. The summed E-state index contributed by atoms with van der Waals surface area (Å²) in [6.07, 6.45) is -1.46. The second-order valence-corrected chi connectivity index (χ2v) is 10.6. The number of carbonyl (C=O) groups is 2. The summed E-state index contributed by atoms with van der Waals surface area (Å²) in [5.74, 6) is -11.9. The molecule has 0 saturated carbocycles. The highest BCUT2D eigenvalue weighted by atomic mass is 32.3. The molecule has 0 fully saturated rings. The zero-order chi connectivity index (χ0) is 26.8. The minimum Gasteiger partial charge on any atom is -0.466 e. The lowest BCUT2D eigenvalue weighted by Crippen LogP contribution is -2.48. The molecular formula is C13H18F8O10S3. The maximum atomic E-state index is 13.8. The number of halogens is 8. The fourth-order valence-electron chi connectivity index (χ4n) is 1.50. The van der Waals surface area contributed by atoms with E-state index in [1.807, 2.05) is 0 Å². The van der Waals surface area contributed by atoms with Crippen molar-refractivity contribution < 1.29 is 79.0 Å². The molecule has 0 heterocycles. The van der Waals surface area contributed by atoms with Gasteiger partial charge in [0.25, 0.3) is 0 Å². The molecule has 0 aromatic heterocycles. The molecule has 0 aliphatic carbocycles. The number of ether oxygens (including phenoxy) is 2. The van der Waals surface area contributed by atoms with Crippen molar-refractivity contribution in [1.82, 2.24) is 0 Å². The van der Waals surface area contributed by atoms with E-state index in [1.165, 1.54) is 0 Å². The first kappa shape index (κ1) is 32.6. The van der Waals surface area contributed by atoms with Gasteiger partial charge >= 0.3 is 23.1 Å². The van der Waals surface area contributed by atoms with Crippen LogP contribution in [0.4, 0.5) is 33.1 Å². The monoisotopic (exact) mass is 582 g/mol. The van der Waals surface area contributed by atoms with Crippen LogP contribution in [0.2, 0.25) is 0 Å². The van der Waals surface area contributed by atoms with Crippen LogP contribution in [0.1, 0.15) is 12.8 Å². The van der Waals surface area contributed by atoms with E-state index in [4.69, 9.17) is 0 Å². The number of hydrogen-bond acceptors (Lipinski definition) is 10. The van der Waals surface area contributed by atoms with Gasteiger partial charge in [-0.1, -0.05) is 0 Å². The van der Waals surface area contributed by atoms with Crippen molar-refractivity contribution in [1.29, 1.82) is 0 Å². The molecule has 0 aromatic carbocycles. The minimum atomic E-state index is -6.27. The first-order valence-corrected chi connectivity index (χ1v) is 13.1. The van der Waals surface area contributed by atoms with Gasteiger partial charge < -0.3 is 9.47 Å². The number of hydrogen-bond donors (Lipinski definition) is 0. The maximum absolute atomic E-state index is 13.8. The summed E-state index contributed by atoms with van der Waals surface area (Å²) < 4.78 is 144. The van der Waals surface area contributed by atoms with Crippen LogP contribution in [0.3, 0.4) is 0 Å². The Kier molecular flexibility index (Phi) is 12.5. The van der Waals surface area contributed by atoms with E-state index in [0.717, 1.165) is 7.11 Å². The molecule has 0 aromatic rings. The van der Waals surface area contributed by atoms with Gasteiger partial charge in [-0.3, -0.25) is 0 Å². The third kappa shape index (κ3) is 11.8. The zero-order valence-electron chi connectivity index (χ0n) is 17.0. The normalized spacial score (nSPS) is 14.8. The van der Waals surface area contributed by atoms with Crippen LogP contribution in [0, 0.1) is 0 Å². The summed E-state index contributed by atoms with van der Waals surface area (Å²) >= 11 is -10.4. The van der Waals surface area contributed by atoms with E-state index in [-0.39, 0.29) is 6.26 Å². The van der Waals surface area contributed by atoms with Gasteiger partial charge in [0.15, 0.2) is 23.0 Å². The molecule has 0 aliphatic heterocycles. The Hall–Kier alpha value is -1.39. The Morgan fingerprint density at radius 3 is 1.94 bits per heavy atom. The predicted octanol–water partition coefficient (Wildman–Crippen LogP) is 4.10. The Morgan fingerprint density at radius 1 is 0.882 bits per heavy atom. The largest absolute Gasteiger partial charge is 0.466 e. The fraction of sp³-hybridized carbons (Fsp3) is 0.692. The molecule has 0 rings (SSSR count). The second-order valence-electron chi connectivity index (χ2n) is 5.75. The summed E-state index contributed by atoms with van der Waals surface area (Å²) in [6, 6.07) is 0. The minimum absolute atomic E-state index is 0.193. The van der Waals surface area contributed by atoms with Crippen molar-refractivity contribution in [2.24, 2.45) is 0 Å². The fourth-order valence-corrected chi connectivity index (χ4v) is 3.11. The molecule has 10 nitrogen and oxygen atoms in total. The third-order valence-corrected chi connectivity index (χ3v) is 5.44. The average Bonchev–Trinajstić information content (AvgIpc) is 2.67. The molecule has 0 radical (unpaired) electrons. The van der Waals surface area contributed by atoms with Crippen LogP contribution in [0.25, 0.3) is 0 Å². The first-order chi connectivity index (χ1) is 15.3. The molecule has 0 aliphatic rings. The van der Waals surface area contributed by atoms with E-state index < -0.39 is 86.4 Å². The summed E-state index contributed by atoms with van der Waals surface area (Å²) in [5, 5.41) is -5.84. The SMILES string of the molecule is COC(=O)C=CC(=O)OCCCC(F)(F)C(F)(F)S(=O)(=O)COOS(F)(F)COOS(C)(F)F. The highest BCUT2D eigenvalue weighted by molar-refractivity contribution is 8.21. The van der Waals surface area contributed by atoms with Gasteiger partial charge in [0.2, 0.25) is 20.9 Å². The van der Waals surface area contributed by atoms with E-state index >= 15 is 0 Å². The van der Waals surface area contributed by atoms with Crippen LogP contribution in [0.5, 0.6) is 0 Å². The molecule has 0 amide bonds. The van der Waals surface area contributed by atoms with Crippen LogP contribution < -0.4 is 0 Å².